The van der Waals surface area contributed by atoms with E-state index < -0.39 is 10.9 Å². The third kappa shape index (κ3) is 3.82. The second kappa shape index (κ2) is 6.41. The van der Waals surface area contributed by atoms with Crippen LogP contribution in [0.15, 0.2) is 52.3 Å². The van der Waals surface area contributed by atoms with E-state index in [-0.39, 0.29) is 12.1 Å². The highest BCUT2D eigenvalue weighted by Crippen LogP contribution is 2.34. The normalized spacial score (nSPS) is 10.3. The van der Waals surface area contributed by atoms with Gasteiger partial charge in [-0.05, 0) is 24.1 Å². The van der Waals surface area contributed by atoms with Crippen molar-refractivity contribution in [3.05, 3.63) is 63.7 Å². The van der Waals surface area contributed by atoms with Crippen molar-refractivity contribution in [2.24, 2.45) is 0 Å². The van der Waals surface area contributed by atoms with Crippen LogP contribution >= 0.6 is 11.8 Å². The van der Waals surface area contributed by atoms with Crippen LogP contribution in [-0.4, -0.2) is 16.0 Å². The highest BCUT2D eigenvalue weighted by Gasteiger charge is 2.12. The fraction of sp³-hybridized carbons (Fsp3) is 0.133. The first-order valence-electron chi connectivity index (χ1n) is 6.20. The van der Waals surface area contributed by atoms with E-state index in [1.807, 2.05) is 19.1 Å². The van der Waals surface area contributed by atoms with E-state index in [0.29, 0.717) is 10.5 Å². The van der Waals surface area contributed by atoms with Gasteiger partial charge in [-0.3, -0.25) is 14.9 Å². The molecule has 0 fully saturated rings. The van der Waals surface area contributed by atoms with Crippen molar-refractivity contribution < 1.29 is 14.8 Å². The Morgan fingerprint density at radius 1 is 1.29 bits per heavy atom. The lowest BCUT2D eigenvalue weighted by Gasteiger charge is -2.10. The molecule has 5 nitrogen and oxygen atoms in total. The predicted octanol–water partition coefficient (Wildman–Crippen LogP) is 3.68. The van der Waals surface area contributed by atoms with Crippen molar-refractivity contribution >= 4 is 23.4 Å². The summed E-state index contributed by atoms with van der Waals surface area (Å²) >= 11 is 1.35. The van der Waals surface area contributed by atoms with Crippen LogP contribution in [0.3, 0.4) is 0 Å². The van der Waals surface area contributed by atoms with Gasteiger partial charge in [0.25, 0.3) is 5.69 Å². The van der Waals surface area contributed by atoms with Crippen molar-refractivity contribution in [2.75, 3.05) is 0 Å². The maximum Gasteiger partial charge on any atom is 0.307 e. The number of aryl methyl sites for hydroxylation is 1. The lowest BCUT2D eigenvalue weighted by atomic mass is 10.1. The molecule has 0 aliphatic heterocycles. The Kier molecular flexibility index (Phi) is 4.59. The summed E-state index contributed by atoms with van der Waals surface area (Å²) in [6.07, 6.45) is -0.0705. The number of nitro groups is 1. The van der Waals surface area contributed by atoms with E-state index in [2.05, 4.69) is 0 Å². The van der Waals surface area contributed by atoms with Crippen molar-refractivity contribution in [3.63, 3.8) is 0 Å². The molecule has 21 heavy (non-hydrogen) atoms. The van der Waals surface area contributed by atoms with Crippen molar-refractivity contribution in [2.45, 2.75) is 23.1 Å². The highest BCUT2D eigenvalue weighted by molar-refractivity contribution is 7.99. The summed E-state index contributed by atoms with van der Waals surface area (Å²) in [6, 6.07) is 11.8. The molecule has 0 radical (unpaired) electrons. The van der Waals surface area contributed by atoms with Crippen molar-refractivity contribution in [3.8, 4) is 0 Å². The summed E-state index contributed by atoms with van der Waals surface area (Å²) in [6.45, 7) is 1.89. The number of carboxylic acids is 1. The molecule has 0 saturated carbocycles. The third-order valence-electron chi connectivity index (χ3n) is 2.88. The molecule has 0 spiro atoms. The molecule has 0 bridgehead atoms. The molecule has 2 aromatic carbocycles. The summed E-state index contributed by atoms with van der Waals surface area (Å²) in [5.41, 5.74) is 1.68. The summed E-state index contributed by atoms with van der Waals surface area (Å²) in [4.78, 5) is 22.8. The first-order valence-corrected chi connectivity index (χ1v) is 7.01. The molecule has 0 unspecified atom stereocenters. The molecule has 108 valence electrons. The Morgan fingerprint density at radius 2 is 2.00 bits per heavy atom. The molecule has 6 heteroatoms. The SMILES string of the molecule is Cc1cccc(CC(=O)O)c1Sc1cccc([N+](=O)[O-])c1. The monoisotopic (exact) mass is 303 g/mol. The Morgan fingerprint density at radius 3 is 2.67 bits per heavy atom. The van der Waals surface area contributed by atoms with Gasteiger partial charge >= 0.3 is 5.97 Å². The van der Waals surface area contributed by atoms with E-state index >= 15 is 0 Å². The van der Waals surface area contributed by atoms with Crippen LogP contribution in [-0.2, 0) is 11.2 Å². The molecule has 2 rings (SSSR count). The van der Waals surface area contributed by atoms with Crippen molar-refractivity contribution in [1.82, 2.24) is 0 Å². The molecular formula is C15H13NO4S. The Bertz CT molecular complexity index is 700. The molecular weight excluding hydrogens is 290 g/mol. The van der Waals surface area contributed by atoms with Gasteiger partial charge in [0.15, 0.2) is 0 Å². The maximum absolute atomic E-state index is 10.9. The second-order valence-corrected chi connectivity index (χ2v) is 5.57. The zero-order valence-electron chi connectivity index (χ0n) is 11.3. The molecule has 0 saturated heterocycles. The van der Waals surface area contributed by atoms with Crippen LogP contribution in [0.5, 0.6) is 0 Å². The molecule has 0 aliphatic rings. The van der Waals surface area contributed by atoms with Gasteiger partial charge in [0.2, 0.25) is 0 Å². The largest absolute Gasteiger partial charge is 0.481 e. The minimum atomic E-state index is -0.901. The van der Waals surface area contributed by atoms with Crippen LogP contribution in [0, 0.1) is 17.0 Å². The zero-order chi connectivity index (χ0) is 15.4. The molecule has 0 amide bonds. The van der Waals surface area contributed by atoms with Gasteiger partial charge in [-0.2, -0.15) is 0 Å². The first-order chi connectivity index (χ1) is 9.97. The van der Waals surface area contributed by atoms with E-state index in [0.717, 1.165) is 10.5 Å². The van der Waals surface area contributed by atoms with Gasteiger partial charge in [0.05, 0.1) is 11.3 Å². The number of rotatable bonds is 5. The molecule has 0 aliphatic carbocycles. The standard InChI is InChI=1S/C15H13NO4S/c1-10-4-2-5-11(8-14(17)18)15(10)21-13-7-3-6-12(9-13)16(19)20/h2-7,9H,8H2,1H3,(H,17,18). The minimum Gasteiger partial charge on any atom is -0.481 e. The fourth-order valence-corrected chi connectivity index (χ4v) is 3.00. The summed E-state index contributed by atoms with van der Waals surface area (Å²) in [5.74, 6) is -0.901. The van der Waals surface area contributed by atoms with Gasteiger partial charge in [0.1, 0.15) is 0 Å². The number of hydrogen-bond acceptors (Lipinski definition) is 4. The fourth-order valence-electron chi connectivity index (χ4n) is 1.94. The van der Waals surface area contributed by atoms with E-state index in [9.17, 15) is 14.9 Å². The maximum atomic E-state index is 10.9. The van der Waals surface area contributed by atoms with Gasteiger partial charge in [-0.25, -0.2) is 0 Å². The number of hydrogen-bond donors (Lipinski definition) is 1. The van der Waals surface area contributed by atoms with Crippen molar-refractivity contribution in [1.29, 1.82) is 0 Å². The Labute approximate surface area is 125 Å². The highest BCUT2D eigenvalue weighted by atomic mass is 32.2. The number of nitrogens with zero attached hydrogens (tertiary/aromatic N) is 1. The number of carbonyl (C=O) groups is 1. The lowest BCUT2D eigenvalue weighted by Crippen LogP contribution is -2.02. The number of benzene rings is 2. The molecule has 0 aromatic heterocycles. The average Bonchev–Trinajstić information content (AvgIpc) is 2.42. The first kappa shape index (κ1) is 15.1. The number of nitro benzene ring substituents is 1. The summed E-state index contributed by atoms with van der Waals surface area (Å²) < 4.78 is 0. The Balaban J connectivity index is 2.37. The number of non-ortho nitro benzene ring substituents is 1. The van der Waals surface area contributed by atoms with Crippen LogP contribution in [0.1, 0.15) is 11.1 Å². The summed E-state index contributed by atoms with van der Waals surface area (Å²) in [5, 5.41) is 19.8. The molecule has 2 aromatic rings. The van der Waals surface area contributed by atoms with E-state index in [1.165, 1.54) is 23.9 Å². The summed E-state index contributed by atoms with van der Waals surface area (Å²) in [7, 11) is 0. The average molecular weight is 303 g/mol. The molecule has 0 atom stereocenters. The van der Waals surface area contributed by atoms with Crippen LogP contribution < -0.4 is 0 Å². The number of aliphatic carboxylic acids is 1. The van der Waals surface area contributed by atoms with Crippen LogP contribution in [0.2, 0.25) is 0 Å². The van der Waals surface area contributed by atoms with Gasteiger partial charge in [-0.15, -0.1) is 0 Å². The molecule has 0 heterocycles. The Hall–Kier alpha value is -2.34. The van der Waals surface area contributed by atoms with Gasteiger partial charge in [-0.1, -0.05) is 36.0 Å². The lowest BCUT2D eigenvalue weighted by molar-refractivity contribution is -0.385. The van der Waals surface area contributed by atoms with E-state index in [1.54, 1.807) is 18.2 Å². The van der Waals surface area contributed by atoms with E-state index in [4.69, 9.17) is 5.11 Å². The van der Waals surface area contributed by atoms with Crippen LogP contribution in [0.25, 0.3) is 0 Å². The smallest absolute Gasteiger partial charge is 0.307 e. The van der Waals surface area contributed by atoms with Gasteiger partial charge in [0, 0.05) is 21.9 Å². The number of carboxylic acid groups (broad SMARTS) is 1. The minimum absolute atomic E-state index is 0.0216. The third-order valence-corrected chi connectivity index (χ3v) is 4.16. The topological polar surface area (TPSA) is 80.4 Å². The zero-order valence-corrected chi connectivity index (χ0v) is 12.1. The quantitative estimate of drug-likeness (QED) is 0.673. The molecule has 1 N–H and O–H groups in total. The van der Waals surface area contributed by atoms with Gasteiger partial charge < -0.3 is 5.11 Å². The second-order valence-electron chi connectivity index (χ2n) is 4.49. The van der Waals surface area contributed by atoms with Crippen LogP contribution in [0.4, 0.5) is 5.69 Å². The predicted molar refractivity (Wildman–Crippen MR) is 79.7 cm³/mol.